The highest BCUT2D eigenvalue weighted by molar-refractivity contribution is 5.21. The van der Waals surface area contributed by atoms with Crippen LogP contribution in [0.5, 0.6) is 0 Å². The van der Waals surface area contributed by atoms with E-state index >= 15 is 0 Å². The summed E-state index contributed by atoms with van der Waals surface area (Å²) in [5.41, 5.74) is 3.47. The summed E-state index contributed by atoms with van der Waals surface area (Å²) in [5, 5.41) is 7.83. The number of benzene rings is 1. The van der Waals surface area contributed by atoms with E-state index in [1.807, 2.05) is 38.7 Å². The lowest BCUT2D eigenvalue weighted by Crippen LogP contribution is -2.36. The van der Waals surface area contributed by atoms with Crippen molar-refractivity contribution < 1.29 is 4.74 Å². The molecule has 0 aliphatic carbocycles. The summed E-state index contributed by atoms with van der Waals surface area (Å²) in [4.78, 5) is 0. The molecule has 21 heavy (non-hydrogen) atoms. The van der Waals surface area contributed by atoms with Gasteiger partial charge in [0.15, 0.2) is 0 Å². The second-order valence-electron chi connectivity index (χ2n) is 5.29. The molecule has 1 aromatic heterocycles. The zero-order valence-corrected chi connectivity index (χ0v) is 13.3. The zero-order valence-electron chi connectivity index (χ0n) is 13.3. The molecular weight excluding hydrogens is 262 g/mol. The lowest BCUT2D eigenvalue weighted by atomic mass is 9.98. The minimum absolute atomic E-state index is 0.0383. The van der Waals surface area contributed by atoms with Gasteiger partial charge in [-0.1, -0.05) is 30.3 Å². The molecule has 0 bridgehead atoms. The highest BCUT2D eigenvalue weighted by Gasteiger charge is 2.23. The summed E-state index contributed by atoms with van der Waals surface area (Å²) in [6, 6.07) is 12.7. The van der Waals surface area contributed by atoms with Gasteiger partial charge >= 0.3 is 0 Å². The lowest BCUT2D eigenvalue weighted by molar-refractivity contribution is 0.0348. The van der Waals surface area contributed by atoms with E-state index in [9.17, 15) is 0 Å². The first-order valence-corrected chi connectivity index (χ1v) is 7.49. The van der Waals surface area contributed by atoms with Gasteiger partial charge < -0.3 is 10.1 Å². The monoisotopic (exact) mass is 287 g/mol. The predicted molar refractivity (Wildman–Crippen MR) is 85.3 cm³/mol. The molecule has 2 atom stereocenters. The van der Waals surface area contributed by atoms with Crippen LogP contribution in [0.2, 0.25) is 0 Å². The molecule has 0 saturated carbocycles. The lowest BCUT2D eigenvalue weighted by Gasteiger charge is -2.27. The van der Waals surface area contributed by atoms with Crippen molar-refractivity contribution in [1.29, 1.82) is 0 Å². The van der Waals surface area contributed by atoms with E-state index in [0.29, 0.717) is 6.61 Å². The number of nitrogens with one attached hydrogen (secondary N) is 1. The second-order valence-corrected chi connectivity index (χ2v) is 5.29. The quantitative estimate of drug-likeness (QED) is 0.851. The van der Waals surface area contributed by atoms with Crippen molar-refractivity contribution in [2.24, 2.45) is 7.05 Å². The molecule has 0 spiro atoms. The molecule has 0 fully saturated rings. The Hall–Kier alpha value is -1.65. The Morgan fingerprint density at radius 1 is 1.29 bits per heavy atom. The molecule has 1 aromatic carbocycles. The molecule has 2 unspecified atom stereocenters. The number of aryl methyl sites for hydroxylation is 2. The maximum Gasteiger partial charge on any atom is 0.0981 e. The van der Waals surface area contributed by atoms with Gasteiger partial charge in [-0.3, -0.25) is 4.68 Å². The molecule has 2 rings (SSSR count). The fourth-order valence-corrected chi connectivity index (χ4v) is 2.71. The third-order valence-electron chi connectivity index (χ3n) is 3.74. The highest BCUT2D eigenvalue weighted by Crippen LogP contribution is 2.23. The van der Waals surface area contributed by atoms with Crippen LogP contribution in [0.25, 0.3) is 0 Å². The molecule has 0 saturated heterocycles. The summed E-state index contributed by atoms with van der Waals surface area (Å²) in [6.07, 6.45) is 0.921. The van der Waals surface area contributed by atoms with Gasteiger partial charge in [0.25, 0.3) is 0 Å². The van der Waals surface area contributed by atoms with Gasteiger partial charge in [-0.2, -0.15) is 5.10 Å². The van der Waals surface area contributed by atoms with E-state index in [4.69, 9.17) is 4.74 Å². The Bertz CT molecular complexity index is 550. The minimum Gasteiger partial charge on any atom is -0.372 e. The van der Waals surface area contributed by atoms with Gasteiger partial charge in [0.2, 0.25) is 0 Å². The van der Waals surface area contributed by atoms with Gasteiger partial charge in [-0.25, -0.2) is 0 Å². The van der Waals surface area contributed by atoms with Crippen molar-refractivity contribution in [2.75, 3.05) is 13.7 Å². The number of rotatable bonds is 7. The molecule has 4 nitrogen and oxygen atoms in total. The molecule has 2 aromatic rings. The standard InChI is InChI=1S/C17H25N3O/c1-5-21-17(14-9-7-6-8-10-14)16(18-3)12-15-11-13(2)19-20(15)4/h6-11,16-18H,5,12H2,1-4H3. The first kappa shape index (κ1) is 15.7. The average Bonchev–Trinajstić information content (AvgIpc) is 2.81. The van der Waals surface area contributed by atoms with E-state index in [1.54, 1.807) is 0 Å². The average molecular weight is 287 g/mol. The Balaban J connectivity index is 2.22. The van der Waals surface area contributed by atoms with Crippen LogP contribution < -0.4 is 5.32 Å². The Morgan fingerprint density at radius 3 is 2.52 bits per heavy atom. The second kappa shape index (κ2) is 7.38. The van der Waals surface area contributed by atoms with Crippen molar-refractivity contribution in [2.45, 2.75) is 32.4 Å². The van der Waals surface area contributed by atoms with Crippen molar-refractivity contribution >= 4 is 0 Å². The van der Waals surface area contributed by atoms with Gasteiger partial charge in [-0.15, -0.1) is 0 Å². The minimum atomic E-state index is 0.0383. The molecular formula is C17H25N3O. The maximum atomic E-state index is 6.01. The van der Waals surface area contributed by atoms with E-state index in [1.165, 1.54) is 11.3 Å². The molecule has 4 heteroatoms. The summed E-state index contributed by atoms with van der Waals surface area (Å²) >= 11 is 0. The van der Waals surface area contributed by atoms with E-state index in [0.717, 1.165) is 12.1 Å². The first-order valence-electron chi connectivity index (χ1n) is 7.49. The summed E-state index contributed by atoms with van der Waals surface area (Å²) in [7, 11) is 3.98. The number of aromatic nitrogens is 2. The third kappa shape index (κ3) is 3.93. The number of hydrogen-bond acceptors (Lipinski definition) is 3. The summed E-state index contributed by atoms with van der Waals surface area (Å²) < 4.78 is 7.96. The molecule has 0 aliphatic rings. The van der Waals surface area contributed by atoms with Crippen LogP contribution in [0, 0.1) is 6.92 Å². The summed E-state index contributed by atoms with van der Waals surface area (Å²) in [6.45, 7) is 4.76. The van der Waals surface area contributed by atoms with Crippen molar-refractivity contribution in [3.05, 3.63) is 53.3 Å². The normalized spacial score (nSPS) is 14.1. The topological polar surface area (TPSA) is 39.1 Å². The van der Waals surface area contributed by atoms with Crippen molar-refractivity contribution in [3.8, 4) is 0 Å². The fourth-order valence-electron chi connectivity index (χ4n) is 2.71. The van der Waals surface area contributed by atoms with Gasteiger partial charge in [0.05, 0.1) is 11.8 Å². The van der Waals surface area contributed by atoms with Gasteiger partial charge in [0.1, 0.15) is 0 Å². The van der Waals surface area contributed by atoms with Crippen molar-refractivity contribution in [3.63, 3.8) is 0 Å². The van der Waals surface area contributed by atoms with Crippen LogP contribution in [0.15, 0.2) is 36.4 Å². The molecule has 114 valence electrons. The predicted octanol–water partition coefficient (Wildman–Crippen LogP) is 2.64. The van der Waals surface area contributed by atoms with E-state index in [-0.39, 0.29) is 12.1 Å². The number of ether oxygens (including phenoxy) is 1. The van der Waals surface area contributed by atoms with Crippen LogP contribution in [-0.4, -0.2) is 29.5 Å². The Kier molecular flexibility index (Phi) is 5.53. The fraction of sp³-hybridized carbons (Fsp3) is 0.471. The zero-order chi connectivity index (χ0) is 15.2. The number of likely N-dealkylation sites (N-methyl/N-ethyl adjacent to an activating group) is 1. The smallest absolute Gasteiger partial charge is 0.0981 e. The van der Waals surface area contributed by atoms with Crippen molar-refractivity contribution in [1.82, 2.24) is 15.1 Å². The third-order valence-corrected chi connectivity index (χ3v) is 3.74. The SMILES string of the molecule is CCOC(c1ccccc1)C(Cc1cc(C)nn1C)NC. The van der Waals surface area contributed by atoms with E-state index in [2.05, 4.69) is 40.7 Å². The maximum absolute atomic E-state index is 6.01. The molecule has 1 N–H and O–H groups in total. The summed E-state index contributed by atoms with van der Waals surface area (Å²) in [5.74, 6) is 0. The number of hydrogen-bond donors (Lipinski definition) is 1. The Labute approximate surface area is 127 Å². The van der Waals surface area contributed by atoms with Crippen LogP contribution >= 0.6 is 0 Å². The molecule has 0 amide bonds. The van der Waals surface area contributed by atoms with Gasteiger partial charge in [-0.05, 0) is 32.5 Å². The molecule has 1 heterocycles. The number of nitrogens with zero attached hydrogens (tertiary/aromatic N) is 2. The van der Waals surface area contributed by atoms with Gasteiger partial charge in [0, 0.05) is 31.8 Å². The molecule has 0 radical (unpaired) electrons. The Morgan fingerprint density at radius 2 is 2.00 bits per heavy atom. The van der Waals surface area contributed by atoms with Crippen LogP contribution in [0.4, 0.5) is 0 Å². The van der Waals surface area contributed by atoms with E-state index < -0.39 is 0 Å². The van der Waals surface area contributed by atoms with Crippen LogP contribution in [-0.2, 0) is 18.2 Å². The highest BCUT2D eigenvalue weighted by atomic mass is 16.5. The van der Waals surface area contributed by atoms with Crippen LogP contribution in [0.1, 0.15) is 30.0 Å². The van der Waals surface area contributed by atoms with Crippen LogP contribution in [0.3, 0.4) is 0 Å². The first-order chi connectivity index (χ1) is 10.2. The largest absolute Gasteiger partial charge is 0.372 e. The molecule has 0 aliphatic heterocycles.